The third-order valence-electron chi connectivity index (χ3n) is 2.77. The number of carbonyl (C=O) groups excluding carboxylic acids is 1. The lowest BCUT2D eigenvalue weighted by Crippen LogP contribution is -2.28. The van der Waals surface area contributed by atoms with Crippen molar-refractivity contribution in [3.05, 3.63) is 10.6 Å². The fourth-order valence-corrected chi connectivity index (χ4v) is 2.69. The van der Waals surface area contributed by atoms with Crippen LogP contribution in [-0.4, -0.2) is 23.9 Å². The van der Waals surface area contributed by atoms with E-state index in [1.165, 1.54) is 11.3 Å². The maximum atomic E-state index is 11.3. The molecule has 0 saturated heterocycles. The first-order chi connectivity index (χ1) is 7.47. The minimum atomic E-state index is 0.109. The van der Waals surface area contributed by atoms with E-state index in [0.717, 1.165) is 28.5 Å². The van der Waals surface area contributed by atoms with Crippen LogP contribution < -0.4 is 4.90 Å². The van der Waals surface area contributed by atoms with Gasteiger partial charge in [-0.3, -0.25) is 4.79 Å². The molecule has 1 unspecified atom stereocenters. The summed E-state index contributed by atoms with van der Waals surface area (Å²) in [6.07, 6.45) is 2.31. The maximum Gasteiger partial charge on any atom is 0.186 e. The summed E-state index contributed by atoms with van der Waals surface area (Å²) in [5.41, 5.74) is 0.850. The summed E-state index contributed by atoms with van der Waals surface area (Å²) in [6, 6.07) is 0.468. The number of aryl methyl sites for hydroxylation is 1. The molecule has 1 heterocycles. The zero-order valence-electron chi connectivity index (χ0n) is 10.7. The average molecular weight is 240 g/mol. The smallest absolute Gasteiger partial charge is 0.186 e. The molecule has 0 aliphatic heterocycles. The fourth-order valence-electron chi connectivity index (χ4n) is 1.66. The maximum absolute atomic E-state index is 11.3. The van der Waals surface area contributed by atoms with Gasteiger partial charge in [-0.1, -0.05) is 24.7 Å². The molecule has 0 fully saturated rings. The summed E-state index contributed by atoms with van der Waals surface area (Å²) < 4.78 is 0. The lowest BCUT2D eigenvalue weighted by Gasteiger charge is -2.23. The first-order valence-corrected chi connectivity index (χ1v) is 6.50. The van der Waals surface area contributed by atoms with Crippen LogP contribution in [0.15, 0.2) is 0 Å². The minimum Gasteiger partial charge on any atom is -0.348 e. The summed E-state index contributed by atoms with van der Waals surface area (Å²) in [5, 5.41) is 0.948. The highest BCUT2D eigenvalue weighted by molar-refractivity contribution is 7.17. The van der Waals surface area contributed by atoms with Crippen molar-refractivity contribution in [3.63, 3.8) is 0 Å². The van der Waals surface area contributed by atoms with Gasteiger partial charge in [0.05, 0.1) is 10.6 Å². The third-order valence-corrected chi connectivity index (χ3v) is 4.12. The van der Waals surface area contributed by atoms with Crippen molar-refractivity contribution in [3.8, 4) is 0 Å². The molecule has 16 heavy (non-hydrogen) atoms. The molecule has 0 spiro atoms. The molecular formula is C12H20N2OS. The monoisotopic (exact) mass is 240 g/mol. The predicted octanol–water partition coefficient (Wildman–Crippen LogP) is 3.28. The van der Waals surface area contributed by atoms with Crippen LogP contribution >= 0.6 is 11.3 Å². The van der Waals surface area contributed by atoms with E-state index in [-0.39, 0.29) is 5.78 Å². The molecule has 3 nitrogen and oxygen atoms in total. The Bertz CT molecular complexity index is 373. The molecular weight excluding hydrogens is 220 g/mol. The molecule has 4 heteroatoms. The van der Waals surface area contributed by atoms with Crippen LogP contribution in [-0.2, 0) is 0 Å². The number of carbonyl (C=O) groups is 1. The summed E-state index contributed by atoms with van der Waals surface area (Å²) >= 11 is 1.50. The van der Waals surface area contributed by atoms with E-state index in [9.17, 15) is 4.79 Å². The van der Waals surface area contributed by atoms with Gasteiger partial charge in [-0.15, -0.1) is 0 Å². The highest BCUT2D eigenvalue weighted by atomic mass is 32.1. The summed E-state index contributed by atoms with van der Waals surface area (Å²) in [5.74, 6) is 0.109. The molecule has 1 atom stereocenters. The molecule has 1 rings (SSSR count). The number of Topliss-reactive ketones (excluding diaryl/α,β-unsaturated/α-hetero) is 1. The highest BCUT2D eigenvalue weighted by Crippen LogP contribution is 2.27. The Kier molecular flexibility index (Phi) is 4.47. The van der Waals surface area contributed by atoms with Crippen molar-refractivity contribution in [1.82, 2.24) is 4.98 Å². The zero-order valence-corrected chi connectivity index (χ0v) is 11.5. The van der Waals surface area contributed by atoms with Gasteiger partial charge in [-0.25, -0.2) is 4.98 Å². The molecule has 0 saturated carbocycles. The van der Waals surface area contributed by atoms with Crippen LogP contribution in [0.1, 0.15) is 49.0 Å². The Morgan fingerprint density at radius 3 is 2.62 bits per heavy atom. The quantitative estimate of drug-likeness (QED) is 0.741. The normalized spacial score (nSPS) is 12.6. The van der Waals surface area contributed by atoms with Crippen molar-refractivity contribution >= 4 is 22.3 Å². The lowest BCUT2D eigenvalue weighted by atomic mass is 10.2. The Labute approximate surface area is 101 Å². The van der Waals surface area contributed by atoms with Crippen molar-refractivity contribution in [2.24, 2.45) is 0 Å². The highest BCUT2D eigenvalue weighted by Gasteiger charge is 2.17. The molecule has 1 aromatic heterocycles. The van der Waals surface area contributed by atoms with Crippen LogP contribution in [0.25, 0.3) is 0 Å². The van der Waals surface area contributed by atoms with Crippen molar-refractivity contribution in [2.45, 2.75) is 46.6 Å². The number of thiazole rings is 1. The number of nitrogens with zero attached hydrogens (tertiary/aromatic N) is 2. The van der Waals surface area contributed by atoms with Crippen LogP contribution in [0.2, 0.25) is 0 Å². The third kappa shape index (κ3) is 2.82. The number of rotatable bonds is 5. The van der Waals surface area contributed by atoms with Gasteiger partial charge in [-0.2, -0.15) is 0 Å². The van der Waals surface area contributed by atoms with Gasteiger partial charge in [0, 0.05) is 20.0 Å². The summed E-state index contributed by atoms with van der Waals surface area (Å²) in [6.45, 7) is 7.86. The Hall–Kier alpha value is -0.900. The van der Waals surface area contributed by atoms with E-state index in [4.69, 9.17) is 0 Å². The minimum absolute atomic E-state index is 0.109. The zero-order chi connectivity index (χ0) is 12.3. The first kappa shape index (κ1) is 13.2. The molecule has 1 aromatic rings. The second-order valence-electron chi connectivity index (χ2n) is 4.22. The Balaban J connectivity index is 2.88. The van der Waals surface area contributed by atoms with Crippen LogP contribution in [0.4, 0.5) is 5.13 Å². The molecule has 0 aliphatic carbocycles. The van der Waals surface area contributed by atoms with Gasteiger partial charge >= 0.3 is 0 Å². The summed E-state index contributed by atoms with van der Waals surface area (Å²) in [7, 11) is 2.04. The molecule has 0 bridgehead atoms. The van der Waals surface area contributed by atoms with Gasteiger partial charge in [0.1, 0.15) is 0 Å². The van der Waals surface area contributed by atoms with Gasteiger partial charge in [0.2, 0.25) is 0 Å². The van der Waals surface area contributed by atoms with E-state index in [1.807, 2.05) is 14.0 Å². The van der Waals surface area contributed by atoms with Gasteiger partial charge in [0.25, 0.3) is 0 Å². The van der Waals surface area contributed by atoms with Crippen molar-refractivity contribution in [2.75, 3.05) is 11.9 Å². The first-order valence-electron chi connectivity index (χ1n) is 5.68. The average Bonchev–Trinajstić information content (AvgIpc) is 2.59. The molecule has 0 N–H and O–H groups in total. The van der Waals surface area contributed by atoms with Gasteiger partial charge in [-0.05, 0) is 20.3 Å². The van der Waals surface area contributed by atoms with Crippen molar-refractivity contribution < 1.29 is 4.79 Å². The number of hydrogen-bond acceptors (Lipinski definition) is 4. The number of anilines is 1. The SMILES string of the molecule is CCCC(C)N(C)c1nc(C)c(C(C)=O)s1. The second kappa shape index (κ2) is 5.43. The largest absolute Gasteiger partial charge is 0.348 e. The van der Waals surface area contributed by atoms with Gasteiger partial charge in [0.15, 0.2) is 10.9 Å². The number of ketones is 1. The van der Waals surface area contributed by atoms with E-state index in [1.54, 1.807) is 6.92 Å². The Morgan fingerprint density at radius 2 is 2.19 bits per heavy atom. The van der Waals surface area contributed by atoms with E-state index >= 15 is 0 Å². The lowest BCUT2D eigenvalue weighted by molar-refractivity contribution is 0.102. The van der Waals surface area contributed by atoms with Crippen LogP contribution in [0.3, 0.4) is 0 Å². The van der Waals surface area contributed by atoms with Gasteiger partial charge < -0.3 is 4.90 Å². The molecule has 0 aliphatic rings. The molecule has 0 radical (unpaired) electrons. The molecule has 90 valence electrons. The van der Waals surface area contributed by atoms with Crippen molar-refractivity contribution in [1.29, 1.82) is 0 Å². The van der Waals surface area contributed by atoms with E-state index in [0.29, 0.717) is 6.04 Å². The van der Waals surface area contributed by atoms with E-state index < -0.39 is 0 Å². The number of aromatic nitrogens is 1. The fraction of sp³-hybridized carbons (Fsp3) is 0.667. The second-order valence-corrected chi connectivity index (χ2v) is 5.19. The Morgan fingerprint density at radius 1 is 1.56 bits per heavy atom. The topological polar surface area (TPSA) is 33.2 Å². The van der Waals surface area contributed by atoms with Crippen LogP contribution in [0, 0.1) is 6.92 Å². The summed E-state index contributed by atoms with van der Waals surface area (Å²) in [4.78, 5) is 18.8. The molecule has 0 amide bonds. The van der Waals surface area contributed by atoms with E-state index in [2.05, 4.69) is 23.7 Å². The predicted molar refractivity (Wildman–Crippen MR) is 69.6 cm³/mol. The van der Waals surface area contributed by atoms with Crippen LogP contribution in [0.5, 0.6) is 0 Å². The number of hydrogen-bond donors (Lipinski definition) is 0. The standard InChI is InChI=1S/C12H20N2OS/c1-6-7-8(2)14(5)12-13-9(3)11(16-12)10(4)15/h8H,6-7H2,1-5H3. The molecule has 0 aromatic carbocycles.